The van der Waals surface area contributed by atoms with Crippen LogP contribution in [0.2, 0.25) is 30.7 Å². The first-order valence-electron chi connectivity index (χ1n) is 11.0. The molecule has 176 valence electrons. The largest absolute Gasteiger partial charge is 0.388 e. The number of benzene rings is 1. The maximum absolute atomic E-state index is 13.7. The van der Waals surface area contributed by atoms with E-state index in [1.807, 2.05) is 19.1 Å². The Morgan fingerprint density at radius 1 is 1.24 bits per heavy atom. The van der Waals surface area contributed by atoms with E-state index in [0.717, 1.165) is 17.1 Å². The lowest BCUT2D eigenvalue weighted by atomic mass is 10.1. The average molecular weight is 488 g/mol. The van der Waals surface area contributed by atoms with Crippen LogP contribution in [-0.2, 0) is 25.1 Å². The van der Waals surface area contributed by atoms with Gasteiger partial charge in [-0.1, -0.05) is 31.2 Å². The van der Waals surface area contributed by atoms with E-state index in [1.54, 1.807) is 39.2 Å². The van der Waals surface area contributed by atoms with Gasteiger partial charge in [-0.05, 0) is 37.2 Å². The summed E-state index contributed by atoms with van der Waals surface area (Å²) in [6.45, 7) is 9.66. The molecule has 0 spiro atoms. The molecule has 1 atom stereocenters. The van der Waals surface area contributed by atoms with E-state index in [4.69, 9.17) is 16.3 Å². The second kappa shape index (κ2) is 9.06. The number of rotatable bonds is 8. The number of hydrogen-bond acceptors (Lipinski definition) is 5. The van der Waals surface area contributed by atoms with Gasteiger partial charge >= 0.3 is 0 Å². The van der Waals surface area contributed by atoms with Crippen molar-refractivity contribution in [2.45, 2.75) is 52.0 Å². The van der Waals surface area contributed by atoms with Crippen molar-refractivity contribution in [3.8, 4) is 0 Å². The Balaban J connectivity index is 1.80. The van der Waals surface area contributed by atoms with E-state index in [2.05, 4.69) is 29.7 Å². The second-order valence-corrected chi connectivity index (χ2v) is 15.6. The highest BCUT2D eigenvalue weighted by Gasteiger charge is 2.23. The Labute approximate surface area is 198 Å². The Hall–Kier alpha value is -2.46. The summed E-state index contributed by atoms with van der Waals surface area (Å²) in [5.74, 6) is 0.435. The number of aliphatic hydroxyl groups excluding tert-OH is 1. The molecule has 0 radical (unpaired) electrons. The predicted molar refractivity (Wildman–Crippen MR) is 134 cm³/mol. The molecule has 0 bridgehead atoms. The lowest BCUT2D eigenvalue weighted by Crippen LogP contribution is -2.27. The summed E-state index contributed by atoms with van der Waals surface area (Å²) in [6.07, 6.45) is 1.72. The number of imidazole rings is 1. The van der Waals surface area contributed by atoms with Crippen molar-refractivity contribution in [3.63, 3.8) is 0 Å². The smallest absolute Gasteiger partial charge is 0.279 e. The molecule has 3 aromatic heterocycles. The fourth-order valence-corrected chi connectivity index (χ4v) is 5.05. The summed E-state index contributed by atoms with van der Waals surface area (Å²) >= 11 is 6.34. The Morgan fingerprint density at radius 3 is 2.70 bits per heavy atom. The molecule has 4 rings (SSSR count). The number of nitrogens with zero attached hydrogens (tertiary/aromatic N) is 5. The number of pyridine rings is 1. The van der Waals surface area contributed by atoms with Crippen molar-refractivity contribution in [1.82, 2.24) is 23.9 Å². The summed E-state index contributed by atoms with van der Waals surface area (Å²) in [5.41, 5.74) is 2.31. The fraction of sp³-hybridized carbons (Fsp3) is 0.435. The highest BCUT2D eigenvalue weighted by atomic mass is 35.5. The monoisotopic (exact) mass is 487 g/mol. The maximum Gasteiger partial charge on any atom is 0.279 e. The summed E-state index contributed by atoms with van der Waals surface area (Å²) in [7, 11) is 0.618. The third-order valence-corrected chi connectivity index (χ3v) is 7.94. The minimum absolute atomic E-state index is 0.241. The van der Waals surface area contributed by atoms with E-state index >= 15 is 0 Å². The Bertz CT molecular complexity index is 1370. The number of aliphatic hydroxyl groups is 1. The van der Waals surface area contributed by atoms with Gasteiger partial charge in [0.05, 0.1) is 22.8 Å². The van der Waals surface area contributed by atoms with Gasteiger partial charge in [0.1, 0.15) is 19.2 Å². The number of ether oxygens (including phenoxy) is 1. The van der Waals surface area contributed by atoms with Crippen LogP contribution in [0.1, 0.15) is 24.5 Å². The molecule has 3 heterocycles. The minimum atomic E-state index is -1.18. The van der Waals surface area contributed by atoms with Crippen LogP contribution in [0.25, 0.3) is 21.9 Å². The Morgan fingerprint density at radius 2 is 2.00 bits per heavy atom. The molecule has 0 aliphatic carbocycles. The van der Waals surface area contributed by atoms with Crippen LogP contribution in [0.5, 0.6) is 0 Å². The number of aromatic nitrogens is 5. The molecule has 0 saturated carbocycles. The molecule has 10 heteroatoms. The average Bonchev–Trinajstić information content (AvgIpc) is 3.35. The summed E-state index contributed by atoms with van der Waals surface area (Å²) in [6, 6.07) is 8.12. The maximum atomic E-state index is 13.7. The molecule has 33 heavy (non-hydrogen) atoms. The van der Waals surface area contributed by atoms with Crippen molar-refractivity contribution < 1.29 is 9.84 Å². The van der Waals surface area contributed by atoms with Gasteiger partial charge in [0, 0.05) is 38.3 Å². The molecule has 1 unspecified atom stereocenters. The molecular weight excluding hydrogens is 458 g/mol. The zero-order valence-electron chi connectivity index (χ0n) is 19.7. The van der Waals surface area contributed by atoms with Gasteiger partial charge in [-0.25, -0.2) is 9.67 Å². The number of hydrogen-bond donors (Lipinski definition) is 1. The van der Waals surface area contributed by atoms with Gasteiger partial charge in [-0.2, -0.15) is 5.10 Å². The van der Waals surface area contributed by atoms with Crippen LogP contribution in [0.4, 0.5) is 0 Å². The first kappa shape index (κ1) is 23.7. The third-order valence-electron chi connectivity index (χ3n) is 6.00. The lowest BCUT2D eigenvalue weighted by molar-refractivity contribution is 0.0754. The Kier molecular flexibility index (Phi) is 6.50. The van der Waals surface area contributed by atoms with Gasteiger partial charge in [0.25, 0.3) is 5.56 Å². The molecule has 1 aromatic carbocycles. The van der Waals surface area contributed by atoms with Crippen molar-refractivity contribution in [3.05, 3.63) is 57.4 Å². The predicted octanol–water partition coefficient (Wildman–Crippen LogP) is 4.15. The minimum Gasteiger partial charge on any atom is -0.388 e. The zero-order chi connectivity index (χ0) is 23.9. The van der Waals surface area contributed by atoms with Gasteiger partial charge in [-0.15, -0.1) is 0 Å². The van der Waals surface area contributed by atoms with Crippen LogP contribution < -0.4 is 5.56 Å². The molecule has 4 aromatic rings. The van der Waals surface area contributed by atoms with Crippen LogP contribution in [0.15, 0.2) is 35.3 Å². The number of aryl methyl sites for hydroxylation is 1. The van der Waals surface area contributed by atoms with E-state index in [-0.39, 0.29) is 18.2 Å². The molecule has 0 aliphatic rings. The van der Waals surface area contributed by atoms with Crippen LogP contribution >= 0.6 is 11.6 Å². The quantitative estimate of drug-likeness (QED) is 0.298. The first-order valence-corrected chi connectivity index (χ1v) is 15.1. The van der Waals surface area contributed by atoms with Gasteiger partial charge in [0.15, 0.2) is 5.52 Å². The SMILES string of the molecule is CC(c1ccnn1COCC[Si](C)(C)C)n1c(=O)c2nc(CO)n(C)c2c2ccc(Cl)cc21. The molecule has 0 fully saturated rings. The van der Waals surface area contributed by atoms with Crippen molar-refractivity contribution >= 4 is 41.6 Å². The van der Waals surface area contributed by atoms with Crippen molar-refractivity contribution in [2.24, 2.45) is 7.05 Å². The van der Waals surface area contributed by atoms with Crippen LogP contribution in [-0.4, -0.2) is 43.7 Å². The molecule has 1 N–H and O–H groups in total. The molecule has 0 amide bonds. The number of halogens is 1. The first-order chi connectivity index (χ1) is 15.6. The van der Waals surface area contributed by atoms with E-state index in [9.17, 15) is 9.90 Å². The molecule has 8 nitrogen and oxygen atoms in total. The number of fused-ring (bicyclic) bond motifs is 3. The third kappa shape index (κ3) is 4.50. The highest BCUT2D eigenvalue weighted by Crippen LogP contribution is 2.29. The van der Waals surface area contributed by atoms with E-state index < -0.39 is 8.07 Å². The topological polar surface area (TPSA) is 87.1 Å². The van der Waals surface area contributed by atoms with Gasteiger partial charge < -0.3 is 14.4 Å². The highest BCUT2D eigenvalue weighted by molar-refractivity contribution is 6.76. The summed E-state index contributed by atoms with van der Waals surface area (Å²) < 4.78 is 11.2. The van der Waals surface area contributed by atoms with E-state index in [1.165, 1.54) is 0 Å². The van der Waals surface area contributed by atoms with Crippen LogP contribution in [0, 0.1) is 0 Å². The lowest BCUT2D eigenvalue weighted by Gasteiger charge is -2.21. The van der Waals surface area contributed by atoms with Crippen molar-refractivity contribution in [1.29, 1.82) is 0 Å². The molecule has 0 saturated heterocycles. The summed E-state index contributed by atoms with van der Waals surface area (Å²) in [5, 5.41) is 15.5. The van der Waals surface area contributed by atoms with Gasteiger partial charge in [0.2, 0.25) is 0 Å². The van der Waals surface area contributed by atoms with Crippen LogP contribution in [0.3, 0.4) is 0 Å². The zero-order valence-corrected chi connectivity index (χ0v) is 21.4. The summed E-state index contributed by atoms with van der Waals surface area (Å²) in [4.78, 5) is 18.1. The normalized spacial score (nSPS) is 13.3. The fourth-order valence-electron chi connectivity index (χ4n) is 4.12. The molecular formula is C23H30ClN5O3Si. The standard InChI is InChI=1S/C23H30ClN5O3Si/c1-15(18-8-9-25-28(18)14-32-10-11-33(3,4)5)29-19-12-16(24)6-7-17(19)22-21(23(29)31)26-20(13-30)27(22)2/h6-9,12,15,30H,10-11,13-14H2,1-5H3. The molecule has 0 aliphatic heterocycles. The van der Waals surface area contributed by atoms with E-state index in [0.29, 0.717) is 40.7 Å². The second-order valence-electron chi connectivity index (χ2n) is 9.56. The van der Waals surface area contributed by atoms with Gasteiger partial charge in [-0.3, -0.25) is 9.36 Å². The van der Waals surface area contributed by atoms with Crippen molar-refractivity contribution in [2.75, 3.05) is 6.61 Å².